The second kappa shape index (κ2) is 36.3. The normalized spacial score (nSPS) is 12.2. The minimum absolute atomic E-state index is 0. The topological polar surface area (TPSA) is 82.1 Å². The van der Waals surface area contributed by atoms with Crippen LogP contribution in [-0.2, 0) is 23.8 Å². The SMILES string of the molecule is C.C.CCCCCCCCCCCCCCCOCC(C)(CO)C(=O)OCC(=O)OCCCCCCCCCCCCCC. The van der Waals surface area contributed by atoms with Crippen LogP contribution in [0.25, 0.3) is 0 Å². The average Bonchev–Trinajstić information content (AvgIpc) is 3.00. The van der Waals surface area contributed by atoms with E-state index >= 15 is 0 Å². The summed E-state index contributed by atoms with van der Waals surface area (Å²) in [4.78, 5) is 24.5. The molecule has 0 bridgehead atoms. The van der Waals surface area contributed by atoms with Crippen molar-refractivity contribution in [1.29, 1.82) is 0 Å². The summed E-state index contributed by atoms with van der Waals surface area (Å²) in [6.07, 6.45) is 31.8. The fourth-order valence-electron chi connectivity index (χ4n) is 5.16. The van der Waals surface area contributed by atoms with Gasteiger partial charge in [-0.25, -0.2) is 4.79 Å². The Balaban J connectivity index is -0.00000840. The number of carbonyl (C=O) groups is 2. The molecular weight excluding hydrogens is 552 g/mol. The standard InChI is InChI=1S/C36H70O6.2CH4/c1-4-6-8-10-12-14-16-18-19-21-23-25-27-29-40-33-36(3,32-37)35(39)42-31-34(38)41-30-28-26-24-22-20-17-15-13-11-9-7-5-2;;/h37H,4-33H2,1-3H3;2*1H4. The summed E-state index contributed by atoms with van der Waals surface area (Å²) in [6.45, 7) is 6.30. The molecule has 0 radical (unpaired) electrons. The number of aliphatic hydroxyl groups excluding tert-OH is 1. The monoisotopic (exact) mass is 631 g/mol. The molecule has 0 saturated carbocycles. The maximum Gasteiger partial charge on any atom is 0.344 e. The van der Waals surface area contributed by atoms with Crippen molar-refractivity contribution in [3.05, 3.63) is 0 Å². The number of hydrogen-bond donors (Lipinski definition) is 1. The van der Waals surface area contributed by atoms with Gasteiger partial charge in [-0.15, -0.1) is 0 Å². The summed E-state index contributed by atoms with van der Waals surface area (Å²) in [5, 5.41) is 9.77. The van der Waals surface area contributed by atoms with Crippen LogP contribution < -0.4 is 0 Å². The van der Waals surface area contributed by atoms with E-state index < -0.39 is 30.6 Å². The Morgan fingerprint density at radius 1 is 0.523 bits per heavy atom. The molecule has 0 aromatic rings. The molecule has 0 aliphatic carbocycles. The van der Waals surface area contributed by atoms with Gasteiger partial charge in [0.2, 0.25) is 0 Å². The molecule has 1 atom stereocenters. The van der Waals surface area contributed by atoms with Crippen molar-refractivity contribution in [1.82, 2.24) is 0 Å². The predicted octanol–water partition coefficient (Wildman–Crippen LogP) is 11.2. The molecule has 6 nitrogen and oxygen atoms in total. The molecule has 0 aromatic carbocycles. The summed E-state index contributed by atoms with van der Waals surface area (Å²) in [6, 6.07) is 0. The van der Waals surface area contributed by atoms with E-state index in [-0.39, 0.29) is 21.5 Å². The predicted molar refractivity (Wildman–Crippen MR) is 188 cm³/mol. The molecule has 6 heteroatoms. The zero-order valence-electron chi connectivity index (χ0n) is 28.2. The summed E-state index contributed by atoms with van der Waals surface area (Å²) in [7, 11) is 0. The van der Waals surface area contributed by atoms with Crippen LogP contribution in [0.3, 0.4) is 0 Å². The lowest BCUT2D eigenvalue weighted by Crippen LogP contribution is -2.39. The van der Waals surface area contributed by atoms with Crippen molar-refractivity contribution in [3.8, 4) is 0 Å². The first-order chi connectivity index (χ1) is 20.5. The van der Waals surface area contributed by atoms with Gasteiger partial charge in [-0.3, -0.25) is 4.79 Å². The molecule has 1 unspecified atom stereocenters. The quantitative estimate of drug-likeness (QED) is 0.0574. The van der Waals surface area contributed by atoms with Crippen LogP contribution in [0, 0.1) is 5.41 Å². The van der Waals surface area contributed by atoms with Gasteiger partial charge >= 0.3 is 11.9 Å². The van der Waals surface area contributed by atoms with Crippen LogP contribution in [-0.4, -0.2) is 50.1 Å². The van der Waals surface area contributed by atoms with Gasteiger partial charge in [-0.1, -0.05) is 176 Å². The number of aliphatic hydroxyl groups is 1. The Morgan fingerprint density at radius 2 is 0.864 bits per heavy atom. The van der Waals surface area contributed by atoms with Gasteiger partial charge in [0.1, 0.15) is 5.41 Å². The Bertz CT molecular complexity index is 596. The largest absolute Gasteiger partial charge is 0.463 e. The number of carbonyl (C=O) groups excluding carboxylic acids is 2. The number of rotatable bonds is 33. The second-order valence-electron chi connectivity index (χ2n) is 12.7. The van der Waals surface area contributed by atoms with E-state index in [0.717, 1.165) is 32.1 Å². The first-order valence-electron chi connectivity index (χ1n) is 18.0. The average molecular weight is 631 g/mol. The molecular formula is C38H78O6. The van der Waals surface area contributed by atoms with Crippen molar-refractivity contribution in [3.63, 3.8) is 0 Å². The molecule has 0 heterocycles. The molecule has 0 fully saturated rings. The number of ether oxygens (including phenoxy) is 3. The van der Waals surface area contributed by atoms with Crippen molar-refractivity contribution >= 4 is 11.9 Å². The van der Waals surface area contributed by atoms with Gasteiger partial charge in [0.05, 0.1) is 19.8 Å². The highest BCUT2D eigenvalue weighted by atomic mass is 16.6. The molecule has 0 amide bonds. The lowest BCUT2D eigenvalue weighted by Gasteiger charge is -2.24. The zero-order chi connectivity index (χ0) is 31.0. The van der Waals surface area contributed by atoms with Gasteiger partial charge in [0.25, 0.3) is 0 Å². The van der Waals surface area contributed by atoms with Crippen LogP contribution in [0.5, 0.6) is 0 Å². The Hall–Kier alpha value is -1.14. The second-order valence-corrected chi connectivity index (χ2v) is 12.7. The third-order valence-electron chi connectivity index (χ3n) is 8.24. The van der Waals surface area contributed by atoms with Crippen LogP contribution in [0.4, 0.5) is 0 Å². The maximum atomic E-state index is 12.5. The molecule has 1 N–H and O–H groups in total. The molecule has 0 aliphatic rings. The Labute approximate surface area is 275 Å². The maximum absolute atomic E-state index is 12.5. The fourth-order valence-corrected chi connectivity index (χ4v) is 5.16. The first-order valence-corrected chi connectivity index (χ1v) is 18.0. The van der Waals surface area contributed by atoms with E-state index in [1.54, 1.807) is 6.92 Å². The van der Waals surface area contributed by atoms with Gasteiger partial charge in [0, 0.05) is 6.61 Å². The number of unbranched alkanes of at least 4 members (excludes halogenated alkanes) is 23. The minimum atomic E-state index is -1.17. The summed E-state index contributed by atoms with van der Waals surface area (Å²) in [5.41, 5.74) is -1.17. The van der Waals surface area contributed by atoms with E-state index in [2.05, 4.69) is 13.8 Å². The Morgan fingerprint density at radius 3 is 1.23 bits per heavy atom. The van der Waals surface area contributed by atoms with Crippen molar-refractivity contribution in [2.45, 2.75) is 196 Å². The van der Waals surface area contributed by atoms with Crippen molar-refractivity contribution in [2.24, 2.45) is 5.41 Å². The number of esters is 2. The van der Waals surface area contributed by atoms with Crippen molar-refractivity contribution in [2.75, 3.05) is 33.0 Å². The van der Waals surface area contributed by atoms with Crippen molar-refractivity contribution < 1.29 is 28.9 Å². The molecule has 266 valence electrons. The van der Waals surface area contributed by atoms with Crippen LogP contribution >= 0.6 is 0 Å². The third kappa shape index (κ3) is 30.9. The van der Waals surface area contributed by atoms with Crippen LogP contribution in [0.1, 0.15) is 196 Å². The highest BCUT2D eigenvalue weighted by Crippen LogP contribution is 2.19. The van der Waals surface area contributed by atoms with Crippen LogP contribution in [0.2, 0.25) is 0 Å². The van der Waals surface area contributed by atoms with Gasteiger partial charge in [-0.2, -0.15) is 0 Å². The van der Waals surface area contributed by atoms with Gasteiger partial charge in [0.15, 0.2) is 6.61 Å². The molecule has 0 spiro atoms. The highest BCUT2D eigenvalue weighted by Gasteiger charge is 2.35. The van der Waals surface area contributed by atoms with E-state index in [9.17, 15) is 14.7 Å². The number of hydrogen-bond acceptors (Lipinski definition) is 6. The van der Waals surface area contributed by atoms with E-state index in [1.165, 1.54) is 128 Å². The highest BCUT2D eigenvalue weighted by molar-refractivity contribution is 5.80. The summed E-state index contributed by atoms with van der Waals surface area (Å²) >= 11 is 0. The van der Waals surface area contributed by atoms with E-state index in [4.69, 9.17) is 14.2 Å². The summed E-state index contributed by atoms with van der Waals surface area (Å²) in [5.74, 6) is -1.17. The lowest BCUT2D eigenvalue weighted by molar-refractivity contribution is -0.169. The van der Waals surface area contributed by atoms with E-state index in [0.29, 0.717) is 13.2 Å². The third-order valence-corrected chi connectivity index (χ3v) is 8.24. The van der Waals surface area contributed by atoms with Gasteiger partial charge in [-0.05, 0) is 19.8 Å². The molecule has 0 aromatic heterocycles. The van der Waals surface area contributed by atoms with E-state index in [1.807, 2.05) is 0 Å². The van der Waals surface area contributed by atoms with Gasteiger partial charge < -0.3 is 19.3 Å². The first kappa shape index (κ1) is 47.3. The molecule has 0 rings (SSSR count). The minimum Gasteiger partial charge on any atom is -0.463 e. The van der Waals surface area contributed by atoms with Crippen LogP contribution in [0.15, 0.2) is 0 Å². The zero-order valence-corrected chi connectivity index (χ0v) is 28.2. The molecule has 0 aliphatic heterocycles. The fraction of sp³-hybridized carbons (Fsp3) is 0.947. The Kier molecular flexibility index (Phi) is 39.0. The molecule has 44 heavy (non-hydrogen) atoms. The summed E-state index contributed by atoms with van der Waals surface area (Å²) < 4.78 is 16.0. The smallest absolute Gasteiger partial charge is 0.344 e. The lowest BCUT2D eigenvalue weighted by atomic mass is 9.93. The molecule has 0 saturated heterocycles.